The lowest BCUT2D eigenvalue weighted by molar-refractivity contribution is -0.116. The average molecular weight is 332 g/mol. The fraction of sp³-hybridized carbons (Fsp3) is 0.133. The molecule has 1 aromatic heterocycles. The van der Waals surface area contributed by atoms with Gasteiger partial charge < -0.3 is 10.4 Å². The van der Waals surface area contributed by atoms with Gasteiger partial charge in [0.2, 0.25) is 5.91 Å². The minimum Gasteiger partial charge on any atom is -0.506 e. The molecule has 3 aromatic rings. The lowest BCUT2D eigenvalue weighted by atomic mass is 9.84. The zero-order valence-electron chi connectivity index (χ0n) is 11.2. The van der Waals surface area contributed by atoms with Crippen molar-refractivity contribution >= 4 is 46.0 Å². The van der Waals surface area contributed by atoms with Gasteiger partial charge >= 0.3 is 0 Å². The van der Waals surface area contributed by atoms with Crippen LogP contribution in [0.15, 0.2) is 30.3 Å². The van der Waals surface area contributed by atoms with Crippen LogP contribution in [0.4, 0.5) is 5.69 Å². The largest absolute Gasteiger partial charge is 0.506 e. The molecule has 0 saturated heterocycles. The molecule has 0 unspecified atom stereocenters. The molecule has 2 heterocycles. The summed E-state index contributed by atoms with van der Waals surface area (Å²) in [7, 11) is 0. The van der Waals surface area contributed by atoms with Crippen LogP contribution >= 0.6 is 23.3 Å². The molecule has 5 nitrogen and oxygen atoms in total. The zero-order chi connectivity index (χ0) is 15.3. The number of halogens is 1. The Bertz CT molecular complexity index is 909. The van der Waals surface area contributed by atoms with Gasteiger partial charge in [0.15, 0.2) is 0 Å². The van der Waals surface area contributed by atoms with Gasteiger partial charge in [-0.05, 0) is 29.8 Å². The van der Waals surface area contributed by atoms with Gasteiger partial charge in [-0.1, -0.05) is 17.7 Å². The Hall–Kier alpha value is -2.18. The molecule has 1 amide bonds. The summed E-state index contributed by atoms with van der Waals surface area (Å²) in [5.74, 6) is -0.182. The smallest absolute Gasteiger partial charge is 0.225 e. The zero-order valence-corrected chi connectivity index (χ0v) is 12.8. The summed E-state index contributed by atoms with van der Waals surface area (Å²) in [4.78, 5) is 12.0. The maximum absolute atomic E-state index is 12.0. The number of carbonyl (C=O) groups excluding carboxylic acids is 1. The Balaban J connectivity index is 1.95. The van der Waals surface area contributed by atoms with Crippen molar-refractivity contribution in [2.24, 2.45) is 0 Å². The number of phenols is 1. The van der Waals surface area contributed by atoms with Crippen molar-refractivity contribution in [3.05, 3.63) is 46.5 Å². The Labute approximate surface area is 134 Å². The summed E-state index contributed by atoms with van der Waals surface area (Å²) in [6.45, 7) is 0. The highest BCUT2D eigenvalue weighted by Crippen LogP contribution is 2.42. The lowest BCUT2D eigenvalue weighted by Gasteiger charge is -2.26. The van der Waals surface area contributed by atoms with Crippen molar-refractivity contribution in [3.63, 3.8) is 0 Å². The molecule has 0 fully saturated rings. The molecule has 4 rings (SSSR count). The summed E-state index contributed by atoms with van der Waals surface area (Å²) in [6.07, 6.45) is 0.310. The van der Waals surface area contributed by atoms with Crippen molar-refractivity contribution in [2.45, 2.75) is 12.3 Å². The van der Waals surface area contributed by atoms with Crippen LogP contribution in [0.25, 0.3) is 11.0 Å². The van der Waals surface area contributed by atoms with E-state index in [4.69, 9.17) is 11.6 Å². The molecular formula is C15H10ClN3O2S. The predicted octanol–water partition coefficient (Wildman–Crippen LogP) is 3.52. The van der Waals surface area contributed by atoms with Crippen LogP contribution in [0.1, 0.15) is 23.5 Å². The SMILES string of the molecule is O=C1C[C@H](c2ccc(O)c(Cl)c2)c2c(ccc3nsnc23)N1. The highest BCUT2D eigenvalue weighted by Gasteiger charge is 2.30. The van der Waals surface area contributed by atoms with Crippen molar-refractivity contribution in [3.8, 4) is 5.75 Å². The second-order valence-corrected chi connectivity index (χ2v) is 6.11. The van der Waals surface area contributed by atoms with E-state index in [1.54, 1.807) is 18.2 Å². The summed E-state index contributed by atoms with van der Waals surface area (Å²) >= 11 is 7.17. The molecule has 110 valence electrons. The summed E-state index contributed by atoms with van der Waals surface area (Å²) in [6, 6.07) is 8.73. The number of amides is 1. The van der Waals surface area contributed by atoms with E-state index in [9.17, 15) is 9.90 Å². The van der Waals surface area contributed by atoms with Crippen LogP contribution in [0.3, 0.4) is 0 Å². The number of rotatable bonds is 1. The topological polar surface area (TPSA) is 75.1 Å². The van der Waals surface area contributed by atoms with Crippen molar-refractivity contribution < 1.29 is 9.90 Å². The van der Waals surface area contributed by atoms with Gasteiger partial charge in [-0.2, -0.15) is 8.75 Å². The molecule has 0 spiro atoms. The van der Waals surface area contributed by atoms with Crippen LogP contribution in [0.5, 0.6) is 5.75 Å². The standard InChI is InChI=1S/C15H10ClN3O2S/c16-9-5-7(1-4-12(9)20)8-6-13(21)17-10-2-3-11-15(14(8)10)19-22-18-11/h1-5,8,20H,6H2,(H,17,21)/t8-/m1/s1. The fourth-order valence-electron chi connectivity index (χ4n) is 2.85. The van der Waals surface area contributed by atoms with Gasteiger partial charge in [-0.25, -0.2) is 0 Å². The molecule has 2 aromatic carbocycles. The fourth-order valence-corrected chi connectivity index (χ4v) is 3.58. The first-order valence-corrected chi connectivity index (χ1v) is 7.78. The Morgan fingerprint density at radius 3 is 2.95 bits per heavy atom. The van der Waals surface area contributed by atoms with Gasteiger partial charge in [0, 0.05) is 23.6 Å². The minimum absolute atomic E-state index is 0.0273. The summed E-state index contributed by atoms with van der Waals surface area (Å²) in [5, 5.41) is 12.8. The number of aromatic hydroxyl groups is 1. The second kappa shape index (κ2) is 4.93. The molecule has 7 heteroatoms. The minimum atomic E-state index is -0.158. The van der Waals surface area contributed by atoms with Crippen molar-refractivity contribution in [2.75, 3.05) is 5.32 Å². The van der Waals surface area contributed by atoms with E-state index >= 15 is 0 Å². The van der Waals surface area contributed by atoms with E-state index in [1.165, 1.54) is 0 Å². The number of hydrogen-bond acceptors (Lipinski definition) is 5. The highest BCUT2D eigenvalue weighted by molar-refractivity contribution is 7.00. The molecule has 0 radical (unpaired) electrons. The first kappa shape index (κ1) is 13.5. The van der Waals surface area contributed by atoms with Crippen LogP contribution in [-0.4, -0.2) is 19.8 Å². The summed E-state index contributed by atoms with van der Waals surface area (Å²) in [5.41, 5.74) is 4.20. The molecule has 0 saturated carbocycles. The number of anilines is 1. The quantitative estimate of drug-likeness (QED) is 0.715. The van der Waals surface area contributed by atoms with E-state index in [-0.39, 0.29) is 22.6 Å². The number of hydrogen-bond donors (Lipinski definition) is 2. The monoisotopic (exact) mass is 331 g/mol. The van der Waals surface area contributed by atoms with Gasteiger partial charge in [0.25, 0.3) is 0 Å². The van der Waals surface area contributed by atoms with E-state index in [0.29, 0.717) is 6.42 Å². The van der Waals surface area contributed by atoms with E-state index in [0.717, 1.165) is 39.6 Å². The van der Waals surface area contributed by atoms with Crippen molar-refractivity contribution in [1.29, 1.82) is 0 Å². The van der Waals surface area contributed by atoms with Gasteiger partial charge in [-0.15, -0.1) is 0 Å². The molecule has 0 bridgehead atoms. The Morgan fingerprint density at radius 1 is 1.27 bits per heavy atom. The summed E-state index contributed by atoms with van der Waals surface area (Å²) < 4.78 is 8.63. The average Bonchev–Trinajstić information content (AvgIpc) is 2.97. The number of benzene rings is 2. The molecule has 1 aliphatic rings. The van der Waals surface area contributed by atoms with Crippen LogP contribution < -0.4 is 5.32 Å². The first-order chi connectivity index (χ1) is 10.6. The predicted molar refractivity (Wildman–Crippen MR) is 85.6 cm³/mol. The van der Waals surface area contributed by atoms with Gasteiger partial charge in [-0.3, -0.25) is 4.79 Å². The Morgan fingerprint density at radius 2 is 2.14 bits per heavy atom. The van der Waals surface area contributed by atoms with E-state index in [1.807, 2.05) is 12.1 Å². The molecule has 2 N–H and O–H groups in total. The molecular weight excluding hydrogens is 322 g/mol. The lowest BCUT2D eigenvalue weighted by Crippen LogP contribution is -2.23. The number of phenolic OH excluding ortho intramolecular Hbond substituents is 1. The highest BCUT2D eigenvalue weighted by atomic mass is 35.5. The number of carbonyl (C=O) groups is 1. The number of fused-ring (bicyclic) bond motifs is 3. The van der Waals surface area contributed by atoms with E-state index in [2.05, 4.69) is 14.1 Å². The molecule has 22 heavy (non-hydrogen) atoms. The van der Waals surface area contributed by atoms with Crippen LogP contribution in [-0.2, 0) is 4.79 Å². The van der Waals surface area contributed by atoms with Crippen LogP contribution in [0, 0.1) is 0 Å². The van der Waals surface area contributed by atoms with Gasteiger partial charge in [0.05, 0.1) is 16.8 Å². The molecule has 1 aliphatic heterocycles. The maximum Gasteiger partial charge on any atom is 0.225 e. The third kappa shape index (κ3) is 2.03. The number of aromatic nitrogens is 2. The number of nitrogens with zero attached hydrogens (tertiary/aromatic N) is 2. The van der Waals surface area contributed by atoms with Crippen LogP contribution in [0.2, 0.25) is 5.02 Å². The first-order valence-electron chi connectivity index (χ1n) is 6.67. The maximum atomic E-state index is 12.0. The normalized spacial score (nSPS) is 17.3. The second-order valence-electron chi connectivity index (χ2n) is 5.17. The third-order valence-electron chi connectivity index (χ3n) is 3.85. The third-order valence-corrected chi connectivity index (χ3v) is 4.70. The molecule has 1 atom stereocenters. The van der Waals surface area contributed by atoms with E-state index < -0.39 is 0 Å². The number of nitrogens with one attached hydrogen (secondary N) is 1. The molecule has 0 aliphatic carbocycles. The van der Waals surface area contributed by atoms with Crippen molar-refractivity contribution in [1.82, 2.24) is 8.75 Å². The Kier molecular flexibility index (Phi) is 3.02. The van der Waals surface area contributed by atoms with Gasteiger partial charge in [0.1, 0.15) is 16.8 Å².